The number of ether oxygens (including phenoxy) is 2. The summed E-state index contributed by atoms with van der Waals surface area (Å²) in [5, 5.41) is 5.45. The van der Waals surface area contributed by atoms with Gasteiger partial charge in [0, 0.05) is 11.3 Å². The van der Waals surface area contributed by atoms with E-state index in [2.05, 4.69) is 10.6 Å². The molecule has 6 heteroatoms. The Bertz CT molecular complexity index is 689. The van der Waals surface area contributed by atoms with Gasteiger partial charge in [-0.25, -0.2) is 9.59 Å². The monoisotopic (exact) mass is 346 g/mol. The second-order valence-electron chi connectivity index (χ2n) is 6.96. The topological polar surface area (TPSA) is 76.7 Å². The number of esters is 1. The van der Waals surface area contributed by atoms with Gasteiger partial charge in [-0.2, -0.15) is 0 Å². The fourth-order valence-corrected chi connectivity index (χ4v) is 2.59. The van der Waals surface area contributed by atoms with Crippen molar-refractivity contribution in [3.8, 4) is 5.75 Å². The Morgan fingerprint density at radius 1 is 1.24 bits per heavy atom. The van der Waals surface area contributed by atoms with Gasteiger partial charge in [0.15, 0.2) is 0 Å². The molecule has 25 heavy (non-hydrogen) atoms. The number of nitrogens with one attached hydrogen (secondary N) is 2. The van der Waals surface area contributed by atoms with Crippen molar-refractivity contribution in [2.45, 2.75) is 52.7 Å². The first-order chi connectivity index (χ1) is 11.7. The summed E-state index contributed by atoms with van der Waals surface area (Å²) in [5.41, 5.74) is 0.954. The van der Waals surface area contributed by atoms with Gasteiger partial charge in [0.25, 0.3) is 0 Å². The van der Waals surface area contributed by atoms with E-state index in [0.29, 0.717) is 23.6 Å². The largest absolute Gasteiger partial charge is 0.493 e. The van der Waals surface area contributed by atoms with E-state index >= 15 is 0 Å². The van der Waals surface area contributed by atoms with Gasteiger partial charge in [0.05, 0.1) is 18.2 Å². The minimum absolute atomic E-state index is 0.361. The van der Waals surface area contributed by atoms with E-state index in [1.54, 1.807) is 6.92 Å². The number of hydrogen-bond acceptors (Lipinski definition) is 4. The normalized spacial score (nSPS) is 17.6. The molecule has 6 nitrogen and oxygen atoms in total. The highest BCUT2D eigenvalue weighted by atomic mass is 16.6. The zero-order valence-corrected chi connectivity index (χ0v) is 15.4. The first kappa shape index (κ1) is 18.8. The van der Waals surface area contributed by atoms with Crippen LogP contribution in [0, 0.1) is 0 Å². The first-order valence-electron chi connectivity index (χ1n) is 8.46. The van der Waals surface area contributed by atoms with Crippen LogP contribution in [-0.4, -0.2) is 24.2 Å². The molecule has 2 rings (SSSR count). The summed E-state index contributed by atoms with van der Waals surface area (Å²) in [5.74, 6) is 0.179. The number of carbonyl (C=O) groups is 2. The average Bonchev–Trinajstić information content (AvgIpc) is 2.50. The Labute approximate surface area is 148 Å². The predicted octanol–water partition coefficient (Wildman–Crippen LogP) is 3.45. The molecular formula is C19H26N2O4. The third-order valence-electron chi connectivity index (χ3n) is 3.58. The highest BCUT2D eigenvalue weighted by Crippen LogP contribution is 2.34. The van der Waals surface area contributed by atoms with Crippen LogP contribution in [0.1, 0.15) is 52.6 Å². The molecule has 0 saturated carbocycles. The maximum Gasteiger partial charge on any atom is 0.338 e. The van der Waals surface area contributed by atoms with Gasteiger partial charge in [-0.3, -0.25) is 0 Å². The number of urea groups is 1. The minimum Gasteiger partial charge on any atom is -0.493 e. The Kier molecular flexibility index (Phi) is 5.72. The number of hydrogen-bond donors (Lipinski definition) is 2. The molecule has 0 bridgehead atoms. The van der Waals surface area contributed by atoms with Gasteiger partial charge in [0.1, 0.15) is 11.4 Å². The predicted molar refractivity (Wildman–Crippen MR) is 95.2 cm³/mol. The first-order valence-corrected chi connectivity index (χ1v) is 8.46. The lowest BCUT2D eigenvalue weighted by Gasteiger charge is -2.31. The van der Waals surface area contributed by atoms with E-state index < -0.39 is 17.6 Å². The van der Waals surface area contributed by atoms with Gasteiger partial charge in [-0.05, 0) is 40.2 Å². The third-order valence-corrected chi connectivity index (χ3v) is 3.58. The standard InChI is InChI=1S/C19H26N2O4/c1-6-11-24-14-10-8-7-9-13(14)16-15(12(2)20-18(23)21-16)17(22)25-19(3,4)5/h7-10,16H,6,11H2,1-5H3,(H2,20,21,23). The van der Waals surface area contributed by atoms with Gasteiger partial charge >= 0.3 is 12.0 Å². The molecular weight excluding hydrogens is 320 g/mol. The van der Waals surface area contributed by atoms with E-state index in [4.69, 9.17) is 9.47 Å². The zero-order chi connectivity index (χ0) is 18.6. The van der Waals surface area contributed by atoms with Crippen LogP contribution in [0.5, 0.6) is 5.75 Å². The molecule has 0 aliphatic carbocycles. The lowest BCUT2D eigenvalue weighted by molar-refractivity contribution is -0.150. The number of para-hydroxylation sites is 1. The van der Waals surface area contributed by atoms with Crippen LogP contribution in [0.15, 0.2) is 35.5 Å². The molecule has 2 amide bonds. The van der Waals surface area contributed by atoms with Crippen molar-refractivity contribution < 1.29 is 19.1 Å². The Balaban J connectivity index is 2.45. The van der Waals surface area contributed by atoms with Crippen molar-refractivity contribution in [3.63, 3.8) is 0 Å². The summed E-state index contributed by atoms with van der Waals surface area (Å²) >= 11 is 0. The van der Waals surface area contributed by atoms with Crippen LogP contribution >= 0.6 is 0 Å². The summed E-state index contributed by atoms with van der Waals surface area (Å²) in [6.07, 6.45) is 0.862. The van der Waals surface area contributed by atoms with Crippen molar-refractivity contribution in [1.82, 2.24) is 10.6 Å². The smallest absolute Gasteiger partial charge is 0.338 e. The molecule has 0 radical (unpaired) electrons. The number of allylic oxidation sites excluding steroid dienone is 1. The number of rotatable bonds is 5. The second kappa shape index (κ2) is 7.59. The Morgan fingerprint density at radius 3 is 2.56 bits per heavy atom. The van der Waals surface area contributed by atoms with Crippen LogP contribution in [0.25, 0.3) is 0 Å². The van der Waals surface area contributed by atoms with E-state index in [1.165, 1.54) is 0 Å². The Morgan fingerprint density at radius 2 is 1.92 bits per heavy atom. The van der Waals surface area contributed by atoms with Crippen LogP contribution in [-0.2, 0) is 9.53 Å². The van der Waals surface area contributed by atoms with E-state index in [0.717, 1.165) is 12.0 Å². The van der Waals surface area contributed by atoms with Gasteiger partial charge < -0.3 is 20.1 Å². The molecule has 0 saturated heterocycles. The van der Waals surface area contributed by atoms with E-state index in [-0.39, 0.29) is 6.03 Å². The quantitative estimate of drug-likeness (QED) is 0.801. The lowest BCUT2D eigenvalue weighted by Crippen LogP contribution is -2.46. The third kappa shape index (κ3) is 4.75. The van der Waals surface area contributed by atoms with Crippen LogP contribution in [0.4, 0.5) is 4.79 Å². The highest BCUT2D eigenvalue weighted by Gasteiger charge is 2.35. The minimum atomic E-state index is -0.630. The number of carbonyl (C=O) groups excluding carboxylic acids is 2. The molecule has 0 aromatic heterocycles. The van der Waals surface area contributed by atoms with Gasteiger partial charge in [0.2, 0.25) is 0 Å². The molecule has 1 atom stereocenters. The van der Waals surface area contributed by atoms with Crippen molar-refractivity contribution in [3.05, 3.63) is 41.1 Å². The molecule has 1 unspecified atom stereocenters. The molecule has 0 spiro atoms. The number of amides is 2. The SMILES string of the molecule is CCCOc1ccccc1C1NC(=O)NC(C)=C1C(=O)OC(C)(C)C. The maximum absolute atomic E-state index is 12.7. The van der Waals surface area contributed by atoms with Gasteiger partial charge in [-0.15, -0.1) is 0 Å². The van der Waals surface area contributed by atoms with E-state index in [1.807, 2.05) is 52.0 Å². The highest BCUT2D eigenvalue weighted by molar-refractivity contribution is 5.95. The molecule has 1 aliphatic heterocycles. The molecule has 136 valence electrons. The summed E-state index contributed by atoms with van der Waals surface area (Å²) in [6.45, 7) is 9.70. The van der Waals surface area contributed by atoms with Crippen LogP contribution < -0.4 is 15.4 Å². The van der Waals surface area contributed by atoms with Crippen LogP contribution in [0.2, 0.25) is 0 Å². The summed E-state index contributed by atoms with van der Waals surface area (Å²) in [6, 6.07) is 6.41. The fourth-order valence-electron chi connectivity index (χ4n) is 2.59. The zero-order valence-electron chi connectivity index (χ0n) is 15.4. The molecule has 1 aromatic carbocycles. The fraction of sp³-hybridized carbons (Fsp3) is 0.474. The van der Waals surface area contributed by atoms with E-state index in [9.17, 15) is 9.59 Å². The molecule has 1 aromatic rings. The maximum atomic E-state index is 12.7. The summed E-state index contributed by atoms with van der Waals surface area (Å²) in [7, 11) is 0. The molecule has 0 fully saturated rings. The van der Waals surface area contributed by atoms with Crippen LogP contribution in [0.3, 0.4) is 0 Å². The molecule has 1 aliphatic rings. The molecule has 2 N–H and O–H groups in total. The van der Waals surface area contributed by atoms with Crippen molar-refractivity contribution >= 4 is 12.0 Å². The second-order valence-corrected chi connectivity index (χ2v) is 6.96. The van der Waals surface area contributed by atoms with Gasteiger partial charge in [-0.1, -0.05) is 25.1 Å². The molecule has 1 heterocycles. The summed E-state index contributed by atoms with van der Waals surface area (Å²) in [4.78, 5) is 24.7. The average molecular weight is 346 g/mol. The lowest BCUT2D eigenvalue weighted by atomic mass is 9.94. The Hall–Kier alpha value is -2.50. The summed E-state index contributed by atoms with van der Waals surface area (Å²) < 4.78 is 11.3. The number of benzene rings is 1. The van der Waals surface area contributed by atoms with Crippen molar-refractivity contribution in [2.75, 3.05) is 6.61 Å². The van der Waals surface area contributed by atoms with Crippen molar-refractivity contribution in [2.24, 2.45) is 0 Å². The van der Waals surface area contributed by atoms with Crippen molar-refractivity contribution in [1.29, 1.82) is 0 Å².